The lowest BCUT2D eigenvalue weighted by Gasteiger charge is -2.43. The van der Waals surface area contributed by atoms with Gasteiger partial charge in [0.15, 0.2) is 0 Å². The molecule has 3 fully saturated rings. The van der Waals surface area contributed by atoms with Crippen molar-refractivity contribution in [2.45, 2.75) is 70.3 Å². The number of carbonyl (C=O) groups is 2. The highest BCUT2D eigenvalue weighted by Crippen LogP contribution is 2.47. The molecule has 3 rings (SSSR count). The third-order valence-corrected chi connectivity index (χ3v) is 6.11. The second-order valence-electron chi connectivity index (χ2n) is 7.55. The fourth-order valence-electron chi connectivity index (χ4n) is 4.59. The van der Waals surface area contributed by atoms with Crippen LogP contribution in [0.1, 0.15) is 64.2 Å². The molecule has 22 heavy (non-hydrogen) atoms. The van der Waals surface area contributed by atoms with Crippen LogP contribution in [0.3, 0.4) is 0 Å². The lowest BCUT2D eigenvalue weighted by Crippen LogP contribution is -2.46. The van der Waals surface area contributed by atoms with Crippen LogP contribution in [0.25, 0.3) is 0 Å². The maximum Gasteiger partial charge on any atom is 0.317 e. The van der Waals surface area contributed by atoms with Crippen LogP contribution in [0.2, 0.25) is 0 Å². The van der Waals surface area contributed by atoms with Gasteiger partial charge in [0.1, 0.15) is 0 Å². The Morgan fingerprint density at radius 2 is 1.68 bits per heavy atom. The van der Waals surface area contributed by atoms with Crippen molar-refractivity contribution in [1.29, 1.82) is 0 Å². The Labute approximate surface area is 132 Å². The van der Waals surface area contributed by atoms with Gasteiger partial charge in [0.25, 0.3) is 0 Å². The molecule has 0 aromatic carbocycles. The smallest absolute Gasteiger partial charge is 0.317 e. The first-order valence-corrected chi connectivity index (χ1v) is 8.86. The molecule has 2 N–H and O–H groups in total. The first-order valence-electron chi connectivity index (χ1n) is 8.86. The highest BCUT2D eigenvalue weighted by atomic mass is 16.4. The van der Waals surface area contributed by atoms with E-state index in [2.05, 4.69) is 5.32 Å². The summed E-state index contributed by atoms with van der Waals surface area (Å²) in [6, 6.07) is 0.220. The summed E-state index contributed by atoms with van der Waals surface area (Å²) in [6.45, 7) is 0.928. The van der Waals surface area contributed by atoms with Gasteiger partial charge in [-0.1, -0.05) is 19.3 Å². The number of hydrogen-bond acceptors (Lipinski definition) is 2. The van der Waals surface area contributed by atoms with Gasteiger partial charge in [-0.2, -0.15) is 0 Å². The molecule has 0 aromatic heterocycles. The molecule has 5 nitrogen and oxygen atoms in total. The molecule has 1 atom stereocenters. The van der Waals surface area contributed by atoms with Crippen LogP contribution in [0, 0.1) is 11.3 Å². The maximum atomic E-state index is 12.3. The van der Waals surface area contributed by atoms with Crippen molar-refractivity contribution in [3.8, 4) is 0 Å². The van der Waals surface area contributed by atoms with Crippen molar-refractivity contribution in [1.82, 2.24) is 10.2 Å². The summed E-state index contributed by atoms with van der Waals surface area (Å²) in [5.41, 5.74) is 0.571. The van der Waals surface area contributed by atoms with E-state index in [-0.39, 0.29) is 18.0 Å². The fourth-order valence-corrected chi connectivity index (χ4v) is 4.59. The normalized spacial score (nSPS) is 28.7. The van der Waals surface area contributed by atoms with E-state index in [4.69, 9.17) is 5.11 Å². The Morgan fingerprint density at radius 3 is 2.27 bits per heavy atom. The molecular weight excluding hydrogens is 280 g/mol. The first-order chi connectivity index (χ1) is 10.6. The summed E-state index contributed by atoms with van der Waals surface area (Å²) in [5.74, 6) is -1.17. The average molecular weight is 308 g/mol. The van der Waals surface area contributed by atoms with E-state index < -0.39 is 5.97 Å². The van der Waals surface area contributed by atoms with Crippen LogP contribution < -0.4 is 5.32 Å². The number of amides is 2. The minimum atomic E-state index is -0.785. The van der Waals surface area contributed by atoms with E-state index in [0.29, 0.717) is 24.9 Å². The number of carboxylic acids is 1. The zero-order valence-electron chi connectivity index (χ0n) is 13.4. The minimum absolute atomic E-state index is 0.0617. The second-order valence-corrected chi connectivity index (χ2v) is 7.55. The lowest BCUT2D eigenvalue weighted by atomic mass is 9.64. The molecule has 2 aliphatic carbocycles. The number of urea groups is 1. The predicted molar refractivity (Wildman–Crippen MR) is 83.6 cm³/mol. The van der Waals surface area contributed by atoms with Crippen molar-refractivity contribution in [2.24, 2.45) is 11.3 Å². The Bertz CT molecular complexity index is 422. The molecule has 1 spiro atoms. The molecule has 2 amide bonds. The lowest BCUT2D eigenvalue weighted by molar-refractivity contribution is -0.141. The van der Waals surface area contributed by atoms with Crippen LogP contribution in [0.4, 0.5) is 4.79 Å². The molecule has 0 bridgehead atoms. The standard InChI is InChI=1S/C17H28N2O3/c20-15(21)13-6-11-19(12-13)16(22)18-14-4-9-17(10-5-14)7-2-1-3-8-17/h13-14H,1-12H2,(H,18,22)(H,20,21). The van der Waals surface area contributed by atoms with Crippen molar-refractivity contribution < 1.29 is 14.7 Å². The molecule has 0 radical (unpaired) electrons. The van der Waals surface area contributed by atoms with Gasteiger partial charge >= 0.3 is 12.0 Å². The van der Waals surface area contributed by atoms with E-state index in [9.17, 15) is 9.59 Å². The minimum Gasteiger partial charge on any atom is -0.481 e. The van der Waals surface area contributed by atoms with Crippen LogP contribution in [0.5, 0.6) is 0 Å². The third-order valence-electron chi connectivity index (χ3n) is 6.11. The predicted octanol–water partition coefficient (Wildman–Crippen LogP) is 3.00. The maximum absolute atomic E-state index is 12.3. The molecule has 0 aromatic rings. The van der Waals surface area contributed by atoms with Gasteiger partial charge < -0.3 is 15.3 Å². The quantitative estimate of drug-likeness (QED) is 0.824. The zero-order valence-corrected chi connectivity index (χ0v) is 13.4. The van der Waals surface area contributed by atoms with E-state index in [1.807, 2.05) is 0 Å². The SMILES string of the molecule is O=C(O)C1CCN(C(=O)NC2CCC3(CCCCC3)CC2)C1. The number of nitrogens with zero attached hydrogens (tertiary/aromatic N) is 1. The Morgan fingerprint density at radius 1 is 1.00 bits per heavy atom. The Hall–Kier alpha value is -1.26. The highest BCUT2D eigenvalue weighted by molar-refractivity contribution is 5.77. The molecule has 1 aliphatic heterocycles. The number of likely N-dealkylation sites (tertiary alicyclic amines) is 1. The average Bonchev–Trinajstić information content (AvgIpc) is 3.01. The van der Waals surface area contributed by atoms with E-state index in [0.717, 1.165) is 12.8 Å². The van der Waals surface area contributed by atoms with E-state index in [1.165, 1.54) is 44.9 Å². The van der Waals surface area contributed by atoms with Crippen molar-refractivity contribution in [2.75, 3.05) is 13.1 Å². The molecular formula is C17H28N2O3. The number of nitrogens with one attached hydrogen (secondary N) is 1. The van der Waals surface area contributed by atoms with Gasteiger partial charge in [-0.25, -0.2) is 4.79 Å². The summed E-state index contributed by atoms with van der Waals surface area (Å²) in [5, 5.41) is 12.2. The van der Waals surface area contributed by atoms with Gasteiger partial charge in [-0.15, -0.1) is 0 Å². The van der Waals surface area contributed by atoms with E-state index in [1.54, 1.807) is 4.90 Å². The van der Waals surface area contributed by atoms with Crippen LogP contribution in [-0.2, 0) is 4.79 Å². The molecule has 2 saturated carbocycles. The van der Waals surface area contributed by atoms with Gasteiger partial charge in [0.2, 0.25) is 0 Å². The largest absolute Gasteiger partial charge is 0.481 e. The van der Waals surface area contributed by atoms with Gasteiger partial charge in [0, 0.05) is 19.1 Å². The van der Waals surface area contributed by atoms with Crippen LogP contribution >= 0.6 is 0 Å². The molecule has 3 aliphatic rings. The summed E-state index contributed by atoms with van der Waals surface area (Å²) in [6.07, 6.45) is 12.1. The summed E-state index contributed by atoms with van der Waals surface area (Å²) in [4.78, 5) is 24.9. The third kappa shape index (κ3) is 3.39. The van der Waals surface area contributed by atoms with Gasteiger partial charge in [-0.05, 0) is 50.4 Å². The monoisotopic (exact) mass is 308 g/mol. The van der Waals surface area contributed by atoms with Crippen molar-refractivity contribution in [3.63, 3.8) is 0 Å². The molecule has 1 saturated heterocycles. The zero-order chi connectivity index (χ0) is 15.6. The molecule has 124 valence electrons. The number of hydrogen-bond donors (Lipinski definition) is 2. The molecule has 5 heteroatoms. The van der Waals surface area contributed by atoms with Crippen LogP contribution in [0.15, 0.2) is 0 Å². The molecule has 1 unspecified atom stereocenters. The Kier molecular flexibility index (Phi) is 4.59. The number of carboxylic acid groups (broad SMARTS) is 1. The fraction of sp³-hybridized carbons (Fsp3) is 0.882. The Balaban J connectivity index is 1.44. The summed E-state index contributed by atoms with van der Waals surface area (Å²) < 4.78 is 0. The highest BCUT2D eigenvalue weighted by Gasteiger charge is 2.37. The number of aliphatic carboxylic acids is 1. The van der Waals surface area contributed by atoms with Gasteiger partial charge in [-0.3, -0.25) is 4.79 Å². The van der Waals surface area contributed by atoms with Crippen molar-refractivity contribution in [3.05, 3.63) is 0 Å². The summed E-state index contributed by atoms with van der Waals surface area (Å²) >= 11 is 0. The van der Waals surface area contributed by atoms with Gasteiger partial charge in [0.05, 0.1) is 5.92 Å². The second kappa shape index (κ2) is 6.47. The van der Waals surface area contributed by atoms with Crippen molar-refractivity contribution >= 4 is 12.0 Å². The number of rotatable bonds is 2. The van der Waals surface area contributed by atoms with Crippen LogP contribution in [-0.4, -0.2) is 41.1 Å². The number of carbonyl (C=O) groups excluding carboxylic acids is 1. The molecule has 1 heterocycles. The first kappa shape index (κ1) is 15.6. The van der Waals surface area contributed by atoms with E-state index >= 15 is 0 Å². The summed E-state index contributed by atoms with van der Waals surface area (Å²) in [7, 11) is 0. The topological polar surface area (TPSA) is 69.6 Å².